The number of rotatable bonds is 6. The summed E-state index contributed by atoms with van der Waals surface area (Å²) in [5.41, 5.74) is 17.3. The SMILES string of the molecule is [C-]#[N+]c1ccc2c(c1)-c1ccc(-c3ccc(-c4nc(-c5ccc(-c6ccccc6)cc5)cc(-c5ccc(-c6ccccc6)cc5)n4)cc3)cc1C2(C)C. The van der Waals surface area contributed by atoms with Crippen LogP contribution in [-0.4, -0.2) is 9.97 Å². The predicted octanol–water partition coefficient (Wildman–Crippen LogP) is 13.3. The van der Waals surface area contributed by atoms with Crippen molar-refractivity contribution in [1.82, 2.24) is 9.97 Å². The standard InChI is InChI=1S/C50H35N3/c1-50(2)45-29-27-42(51-3)31-44(45)43-28-26-41(30-46(43)50)37-18-24-40(25-19-37)49-52-47(38-20-14-35(15-21-38)33-10-6-4-7-11-33)32-48(53-49)39-22-16-36(17-23-39)34-12-8-5-9-13-34/h4-32H,1-2H3. The normalized spacial score (nSPS) is 12.5. The van der Waals surface area contributed by atoms with Gasteiger partial charge in [0, 0.05) is 22.1 Å². The van der Waals surface area contributed by atoms with E-state index in [1.54, 1.807) is 0 Å². The molecule has 250 valence electrons. The van der Waals surface area contributed by atoms with Gasteiger partial charge in [0.15, 0.2) is 11.5 Å². The van der Waals surface area contributed by atoms with Crippen LogP contribution < -0.4 is 0 Å². The first kappa shape index (κ1) is 32.0. The maximum absolute atomic E-state index is 7.52. The molecule has 0 spiro atoms. The van der Waals surface area contributed by atoms with Gasteiger partial charge in [-0.2, -0.15) is 0 Å². The first-order valence-electron chi connectivity index (χ1n) is 17.9. The van der Waals surface area contributed by atoms with Gasteiger partial charge < -0.3 is 0 Å². The zero-order chi connectivity index (χ0) is 35.9. The Labute approximate surface area is 310 Å². The summed E-state index contributed by atoms with van der Waals surface area (Å²) < 4.78 is 0. The van der Waals surface area contributed by atoms with Crippen molar-refractivity contribution < 1.29 is 0 Å². The molecule has 1 aliphatic rings. The van der Waals surface area contributed by atoms with Crippen LogP contribution in [0.1, 0.15) is 25.0 Å². The van der Waals surface area contributed by atoms with Crippen molar-refractivity contribution in [2.24, 2.45) is 0 Å². The van der Waals surface area contributed by atoms with Gasteiger partial charge in [0.05, 0.1) is 18.0 Å². The lowest BCUT2D eigenvalue weighted by Crippen LogP contribution is -2.14. The van der Waals surface area contributed by atoms with Crippen LogP contribution in [0.4, 0.5) is 5.69 Å². The molecule has 0 saturated heterocycles. The molecule has 9 rings (SSSR count). The summed E-state index contributed by atoms with van der Waals surface area (Å²) in [7, 11) is 0. The van der Waals surface area contributed by atoms with Gasteiger partial charge in [0.1, 0.15) is 0 Å². The topological polar surface area (TPSA) is 30.1 Å². The fourth-order valence-corrected chi connectivity index (χ4v) is 7.60. The van der Waals surface area contributed by atoms with E-state index in [1.807, 2.05) is 24.3 Å². The summed E-state index contributed by atoms with van der Waals surface area (Å²) >= 11 is 0. The molecule has 53 heavy (non-hydrogen) atoms. The Morgan fingerprint density at radius 2 is 0.849 bits per heavy atom. The summed E-state index contributed by atoms with van der Waals surface area (Å²) in [5.74, 6) is 0.685. The van der Waals surface area contributed by atoms with Crippen LogP contribution in [0.3, 0.4) is 0 Å². The molecule has 0 unspecified atom stereocenters. The molecule has 0 bridgehead atoms. The van der Waals surface area contributed by atoms with Crippen LogP contribution in [0, 0.1) is 6.57 Å². The third-order valence-electron chi connectivity index (χ3n) is 10.6. The quantitative estimate of drug-likeness (QED) is 0.164. The van der Waals surface area contributed by atoms with Gasteiger partial charge in [0.25, 0.3) is 0 Å². The third kappa shape index (κ3) is 5.91. The summed E-state index contributed by atoms with van der Waals surface area (Å²) in [6.07, 6.45) is 0. The molecule has 0 N–H and O–H groups in total. The number of nitrogens with zero attached hydrogens (tertiary/aromatic N) is 3. The van der Waals surface area contributed by atoms with Crippen LogP contribution in [0.25, 0.3) is 83.3 Å². The van der Waals surface area contributed by atoms with Crippen molar-refractivity contribution >= 4 is 5.69 Å². The van der Waals surface area contributed by atoms with Crippen molar-refractivity contribution in [2.45, 2.75) is 19.3 Å². The average molecular weight is 678 g/mol. The first-order chi connectivity index (χ1) is 25.9. The Balaban J connectivity index is 1.08. The van der Waals surface area contributed by atoms with Crippen LogP contribution in [0.15, 0.2) is 176 Å². The molecule has 1 aromatic heterocycles. The summed E-state index contributed by atoms with van der Waals surface area (Å²) in [4.78, 5) is 14.0. The van der Waals surface area contributed by atoms with Crippen LogP contribution in [0.5, 0.6) is 0 Å². The number of hydrogen-bond donors (Lipinski definition) is 0. The molecule has 3 heteroatoms. The fraction of sp³-hybridized carbons (Fsp3) is 0.0600. The van der Waals surface area contributed by atoms with Crippen molar-refractivity contribution in [2.75, 3.05) is 0 Å². The van der Waals surface area contributed by atoms with Gasteiger partial charge in [-0.3, -0.25) is 0 Å². The Bertz CT molecular complexity index is 2550. The molecule has 1 heterocycles. The Hall–Kier alpha value is -6.89. The molecule has 0 radical (unpaired) electrons. The van der Waals surface area contributed by atoms with E-state index in [4.69, 9.17) is 16.5 Å². The van der Waals surface area contributed by atoms with E-state index in [1.165, 1.54) is 38.9 Å². The lowest BCUT2D eigenvalue weighted by atomic mass is 9.81. The summed E-state index contributed by atoms with van der Waals surface area (Å²) in [6, 6.07) is 61.6. The molecule has 0 fully saturated rings. The second-order valence-corrected chi connectivity index (χ2v) is 14.2. The van der Waals surface area contributed by atoms with Crippen molar-refractivity contribution in [3.8, 4) is 78.4 Å². The van der Waals surface area contributed by atoms with Crippen LogP contribution in [-0.2, 0) is 5.41 Å². The highest BCUT2D eigenvalue weighted by Crippen LogP contribution is 2.50. The first-order valence-corrected chi connectivity index (χ1v) is 17.9. The van der Waals surface area contributed by atoms with E-state index in [0.717, 1.165) is 44.8 Å². The Kier molecular flexibility index (Phi) is 7.87. The van der Waals surface area contributed by atoms with Crippen molar-refractivity contribution in [1.29, 1.82) is 0 Å². The summed E-state index contributed by atoms with van der Waals surface area (Å²) in [6.45, 7) is 12.1. The zero-order valence-corrected chi connectivity index (χ0v) is 29.6. The number of fused-ring (bicyclic) bond motifs is 3. The zero-order valence-electron chi connectivity index (χ0n) is 29.6. The number of benzene rings is 7. The predicted molar refractivity (Wildman–Crippen MR) is 218 cm³/mol. The second kappa shape index (κ2) is 13.0. The fourth-order valence-electron chi connectivity index (χ4n) is 7.60. The highest BCUT2D eigenvalue weighted by atomic mass is 14.9. The van der Waals surface area contributed by atoms with Crippen molar-refractivity contribution in [3.05, 3.63) is 198 Å². The van der Waals surface area contributed by atoms with Gasteiger partial charge in [-0.25, -0.2) is 14.8 Å². The molecule has 3 nitrogen and oxygen atoms in total. The van der Waals surface area contributed by atoms with Crippen LogP contribution in [0.2, 0.25) is 0 Å². The lowest BCUT2D eigenvalue weighted by molar-refractivity contribution is 0.660. The van der Waals surface area contributed by atoms with E-state index < -0.39 is 0 Å². The van der Waals surface area contributed by atoms with E-state index in [9.17, 15) is 0 Å². The second-order valence-electron chi connectivity index (χ2n) is 14.2. The highest BCUT2D eigenvalue weighted by molar-refractivity contribution is 5.86. The van der Waals surface area contributed by atoms with E-state index >= 15 is 0 Å². The van der Waals surface area contributed by atoms with Gasteiger partial charge in [-0.1, -0.05) is 172 Å². The van der Waals surface area contributed by atoms with Gasteiger partial charge in [0.2, 0.25) is 0 Å². The smallest absolute Gasteiger partial charge is 0.187 e. The average Bonchev–Trinajstić information content (AvgIpc) is 3.46. The highest BCUT2D eigenvalue weighted by Gasteiger charge is 2.35. The minimum absolute atomic E-state index is 0.148. The van der Waals surface area contributed by atoms with Crippen molar-refractivity contribution in [3.63, 3.8) is 0 Å². The molecule has 0 saturated carbocycles. The monoisotopic (exact) mass is 677 g/mol. The van der Waals surface area contributed by atoms with E-state index in [2.05, 4.69) is 170 Å². The molecule has 8 aromatic rings. The molecule has 0 aliphatic heterocycles. The number of hydrogen-bond acceptors (Lipinski definition) is 2. The maximum atomic E-state index is 7.52. The van der Waals surface area contributed by atoms with E-state index in [0.29, 0.717) is 11.5 Å². The number of aromatic nitrogens is 2. The van der Waals surface area contributed by atoms with Crippen LogP contribution >= 0.6 is 0 Å². The molecular formula is C50H35N3. The molecule has 1 aliphatic carbocycles. The third-order valence-corrected chi connectivity index (χ3v) is 10.6. The minimum Gasteiger partial charge on any atom is -0.238 e. The molecule has 7 aromatic carbocycles. The van der Waals surface area contributed by atoms with E-state index in [-0.39, 0.29) is 5.41 Å². The van der Waals surface area contributed by atoms with Gasteiger partial charge in [-0.05, 0) is 73.8 Å². The Morgan fingerprint density at radius 1 is 0.396 bits per heavy atom. The van der Waals surface area contributed by atoms with Gasteiger partial charge in [-0.15, -0.1) is 0 Å². The molecular weight excluding hydrogens is 643 g/mol. The Morgan fingerprint density at radius 3 is 1.38 bits per heavy atom. The summed E-state index contributed by atoms with van der Waals surface area (Å²) in [5, 5.41) is 0. The molecule has 0 atom stereocenters. The lowest BCUT2D eigenvalue weighted by Gasteiger charge is -2.22. The van der Waals surface area contributed by atoms with Gasteiger partial charge >= 0.3 is 0 Å². The maximum Gasteiger partial charge on any atom is 0.187 e. The minimum atomic E-state index is -0.148. The largest absolute Gasteiger partial charge is 0.238 e. The molecule has 0 amide bonds.